The first-order valence-corrected chi connectivity index (χ1v) is 6.51. The van der Waals surface area contributed by atoms with Crippen LogP contribution < -0.4 is 15.2 Å². The highest BCUT2D eigenvalue weighted by Crippen LogP contribution is 2.34. The highest BCUT2D eigenvalue weighted by Gasteiger charge is 2.12. The average molecular weight is 307 g/mol. The third-order valence-electron chi connectivity index (χ3n) is 2.84. The zero-order valence-electron chi connectivity index (χ0n) is 11.3. The van der Waals surface area contributed by atoms with E-state index in [9.17, 15) is 4.39 Å². The molecule has 6 heteroatoms. The van der Waals surface area contributed by atoms with Crippen molar-refractivity contribution in [2.24, 2.45) is 5.73 Å². The number of thiocarbonyl (C=S) groups is 1. The number of rotatable bonds is 5. The first kappa shape index (κ1) is 15.2. The summed E-state index contributed by atoms with van der Waals surface area (Å²) >= 11 is 4.89. The number of aliphatic hydroxyl groups excluding tert-OH is 1. The van der Waals surface area contributed by atoms with Gasteiger partial charge in [-0.3, -0.25) is 0 Å². The second-order valence-electron chi connectivity index (χ2n) is 4.25. The van der Waals surface area contributed by atoms with Gasteiger partial charge in [0.05, 0.1) is 19.3 Å². The zero-order valence-corrected chi connectivity index (χ0v) is 12.1. The predicted octanol–water partition coefficient (Wildman–Crippen LogP) is 2.75. The minimum Gasteiger partial charge on any atom is -0.493 e. The van der Waals surface area contributed by atoms with Crippen molar-refractivity contribution in [2.45, 2.75) is 6.61 Å². The summed E-state index contributed by atoms with van der Waals surface area (Å²) in [7, 11) is 1.49. The molecule has 0 atom stereocenters. The summed E-state index contributed by atoms with van der Waals surface area (Å²) in [6.07, 6.45) is 0. The first-order chi connectivity index (χ1) is 10.0. The fraction of sp³-hybridized carbons (Fsp3) is 0.133. The molecule has 0 radical (unpaired) electrons. The van der Waals surface area contributed by atoms with Gasteiger partial charge in [0.1, 0.15) is 16.6 Å². The summed E-state index contributed by atoms with van der Waals surface area (Å²) in [4.78, 5) is 0.0374. The summed E-state index contributed by atoms with van der Waals surface area (Å²) in [5.74, 6) is 0.741. The molecule has 21 heavy (non-hydrogen) atoms. The predicted molar refractivity (Wildman–Crippen MR) is 81.3 cm³/mol. The Kier molecular flexibility index (Phi) is 4.72. The quantitative estimate of drug-likeness (QED) is 0.832. The first-order valence-electron chi connectivity index (χ1n) is 6.10. The van der Waals surface area contributed by atoms with E-state index in [4.69, 9.17) is 32.5 Å². The molecule has 3 N–H and O–H groups in total. The molecule has 0 aromatic heterocycles. The van der Waals surface area contributed by atoms with Gasteiger partial charge < -0.3 is 20.3 Å². The van der Waals surface area contributed by atoms with Gasteiger partial charge in [-0.1, -0.05) is 18.3 Å². The van der Waals surface area contributed by atoms with Crippen LogP contribution in [0.15, 0.2) is 36.4 Å². The Morgan fingerprint density at radius 1 is 1.19 bits per heavy atom. The number of benzene rings is 2. The number of aliphatic hydroxyl groups is 1. The molecule has 2 aromatic rings. The molecule has 4 nitrogen and oxygen atoms in total. The van der Waals surface area contributed by atoms with Gasteiger partial charge in [-0.25, -0.2) is 4.39 Å². The van der Waals surface area contributed by atoms with E-state index in [0.29, 0.717) is 28.4 Å². The van der Waals surface area contributed by atoms with Crippen molar-refractivity contribution in [2.75, 3.05) is 7.11 Å². The lowest BCUT2D eigenvalue weighted by Crippen LogP contribution is -2.11. The molecule has 0 heterocycles. The second-order valence-corrected chi connectivity index (χ2v) is 4.69. The maximum absolute atomic E-state index is 13.3. The fourth-order valence-corrected chi connectivity index (χ4v) is 1.96. The van der Waals surface area contributed by atoms with Gasteiger partial charge in [-0.15, -0.1) is 0 Å². The standard InChI is InChI=1S/C15H14FNO3S/c1-19-14-6-9(8-18)2-4-13(14)20-12-5-3-10(16)7-11(12)15(17)21/h2-7,18H,8H2,1H3,(H2,17,21). The monoisotopic (exact) mass is 307 g/mol. The highest BCUT2D eigenvalue weighted by atomic mass is 32.1. The van der Waals surface area contributed by atoms with E-state index in [-0.39, 0.29) is 11.6 Å². The molecule has 0 fully saturated rings. The summed E-state index contributed by atoms with van der Waals surface area (Å²) in [5.41, 5.74) is 6.57. The molecule has 0 aliphatic rings. The van der Waals surface area contributed by atoms with Gasteiger partial charge in [-0.2, -0.15) is 0 Å². The lowest BCUT2D eigenvalue weighted by atomic mass is 10.2. The number of ether oxygens (including phenoxy) is 2. The smallest absolute Gasteiger partial charge is 0.169 e. The van der Waals surface area contributed by atoms with Crippen LogP contribution in [0.2, 0.25) is 0 Å². The maximum atomic E-state index is 13.3. The van der Waals surface area contributed by atoms with Crippen LogP contribution in [0.25, 0.3) is 0 Å². The maximum Gasteiger partial charge on any atom is 0.169 e. The topological polar surface area (TPSA) is 64.7 Å². The van der Waals surface area contributed by atoms with Gasteiger partial charge in [0.25, 0.3) is 0 Å². The van der Waals surface area contributed by atoms with E-state index in [2.05, 4.69) is 0 Å². The number of methoxy groups -OCH3 is 1. The van der Waals surface area contributed by atoms with Crippen molar-refractivity contribution >= 4 is 17.2 Å². The Morgan fingerprint density at radius 2 is 1.90 bits per heavy atom. The van der Waals surface area contributed by atoms with Crippen molar-refractivity contribution in [1.82, 2.24) is 0 Å². The lowest BCUT2D eigenvalue weighted by molar-refractivity contribution is 0.280. The van der Waals surface area contributed by atoms with E-state index in [1.807, 2.05) is 0 Å². The molecule has 0 bridgehead atoms. The molecule has 2 rings (SSSR count). The molecule has 0 spiro atoms. The second kappa shape index (κ2) is 6.51. The third-order valence-corrected chi connectivity index (χ3v) is 3.06. The van der Waals surface area contributed by atoms with Gasteiger partial charge in [0.15, 0.2) is 11.5 Å². The molecule has 0 aliphatic carbocycles. The van der Waals surface area contributed by atoms with Crippen molar-refractivity contribution in [1.29, 1.82) is 0 Å². The SMILES string of the molecule is COc1cc(CO)ccc1Oc1ccc(F)cc1C(N)=S. The van der Waals surface area contributed by atoms with Crippen LogP contribution >= 0.6 is 12.2 Å². The Hall–Kier alpha value is -2.18. The third kappa shape index (κ3) is 3.48. The van der Waals surface area contributed by atoms with Gasteiger partial charge in [-0.05, 0) is 35.9 Å². The zero-order chi connectivity index (χ0) is 15.4. The summed E-state index contributed by atoms with van der Waals surface area (Å²) < 4.78 is 24.2. The molecular weight excluding hydrogens is 293 g/mol. The van der Waals surface area contributed by atoms with Gasteiger partial charge in [0.2, 0.25) is 0 Å². The van der Waals surface area contributed by atoms with E-state index in [0.717, 1.165) is 0 Å². The normalized spacial score (nSPS) is 10.2. The molecule has 2 aromatic carbocycles. The number of hydrogen-bond acceptors (Lipinski definition) is 4. The Bertz CT molecular complexity index is 676. The average Bonchev–Trinajstić information content (AvgIpc) is 2.49. The number of halogens is 1. The molecule has 110 valence electrons. The van der Waals surface area contributed by atoms with Crippen molar-refractivity contribution in [3.63, 3.8) is 0 Å². The van der Waals surface area contributed by atoms with Crippen LogP contribution in [-0.4, -0.2) is 17.2 Å². The van der Waals surface area contributed by atoms with Crippen LogP contribution in [-0.2, 0) is 6.61 Å². The Morgan fingerprint density at radius 3 is 2.52 bits per heavy atom. The van der Waals surface area contributed by atoms with Gasteiger partial charge >= 0.3 is 0 Å². The molecule has 0 amide bonds. The van der Waals surface area contributed by atoms with Crippen molar-refractivity contribution in [3.8, 4) is 17.2 Å². The summed E-state index contributed by atoms with van der Waals surface area (Å²) in [6.45, 7) is -0.106. The minimum absolute atomic E-state index is 0.0374. The van der Waals surface area contributed by atoms with Crippen LogP contribution in [0.4, 0.5) is 4.39 Å². The van der Waals surface area contributed by atoms with Crippen LogP contribution in [0.1, 0.15) is 11.1 Å². The summed E-state index contributed by atoms with van der Waals surface area (Å²) in [5, 5.41) is 9.11. The van der Waals surface area contributed by atoms with Crippen molar-refractivity contribution in [3.05, 3.63) is 53.3 Å². The van der Waals surface area contributed by atoms with E-state index < -0.39 is 5.82 Å². The molecule has 0 unspecified atom stereocenters. The lowest BCUT2D eigenvalue weighted by Gasteiger charge is -2.14. The summed E-state index contributed by atoms with van der Waals surface area (Å²) in [6, 6.07) is 8.92. The number of hydrogen-bond donors (Lipinski definition) is 2. The number of nitrogens with two attached hydrogens (primary N) is 1. The van der Waals surface area contributed by atoms with Crippen LogP contribution in [0, 0.1) is 5.82 Å². The highest BCUT2D eigenvalue weighted by molar-refractivity contribution is 7.80. The molecule has 0 aliphatic heterocycles. The molecule has 0 saturated heterocycles. The Balaban J connectivity index is 2.40. The van der Waals surface area contributed by atoms with Crippen LogP contribution in [0.3, 0.4) is 0 Å². The van der Waals surface area contributed by atoms with Gasteiger partial charge in [0, 0.05) is 0 Å². The molecular formula is C15H14FNO3S. The van der Waals surface area contributed by atoms with Crippen molar-refractivity contribution < 1.29 is 19.0 Å². The molecule has 0 saturated carbocycles. The Labute approximate surface area is 126 Å². The largest absolute Gasteiger partial charge is 0.493 e. The van der Waals surface area contributed by atoms with Crippen LogP contribution in [0.5, 0.6) is 17.2 Å². The van der Waals surface area contributed by atoms with E-state index >= 15 is 0 Å². The van der Waals surface area contributed by atoms with E-state index in [1.54, 1.807) is 18.2 Å². The fourth-order valence-electron chi connectivity index (χ4n) is 1.80. The van der Waals surface area contributed by atoms with E-state index in [1.165, 1.54) is 25.3 Å². The minimum atomic E-state index is -0.451.